The molecule has 1 amide bonds. The fourth-order valence-corrected chi connectivity index (χ4v) is 4.71. The van der Waals surface area contributed by atoms with Crippen molar-refractivity contribution >= 4 is 33.4 Å². The van der Waals surface area contributed by atoms with Gasteiger partial charge in [-0.2, -0.15) is 5.10 Å². The van der Waals surface area contributed by atoms with Crippen molar-refractivity contribution in [3.8, 4) is 5.69 Å². The largest absolute Gasteiger partial charge is 0.323 e. The lowest BCUT2D eigenvalue weighted by Gasteiger charge is -2.17. The first-order chi connectivity index (χ1) is 14.0. The first-order valence-corrected chi connectivity index (χ1v) is 10.8. The number of anilines is 2. The van der Waals surface area contributed by atoms with Gasteiger partial charge in [0.25, 0.3) is 0 Å². The summed E-state index contributed by atoms with van der Waals surface area (Å²) in [6, 6.07) is 16.5. The van der Waals surface area contributed by atoms with Crippen LogP contribution >= 0.6 is 0 Å². The van der Waals surface area contributed by atoms with Crippen molar-refractivity contribution in [2.75, 3.05) is 21.9 Å². The number of benzene rings is 2. The Hall–Kier alpha value is -3.39. The first-order valence-electron chi connectivity index (χ1n) is 9.21. The molecule has 8 heteroatoms. The number of para-hydroxylation sites is 1. The summed E-state index contributed by atoms with van der Waals surface area (Å²) in [6.07, 6.45) is 7.27. The van der Waals surface area contributed by atoms with Gasteiger partial charge >= 0.3 is 0 Å². The average molecular weight is 408 g/mol. The Morgan fingerprint density at radius 3 is 2.48 bits per heavy atom. The molecule has 2 aromatic carbocycles. The lowest BCUT2D eigenvalue weighted by Crippen LogP contribution is -2.24. The highest BCUT2D eigenvalue weighted by atomic mass is 32.2. The minimum Gasteiger partial charge on any atom is -0.323 e. The number of sulfonamides is 1. The molecule has 0 bridgehead atoms. The summed E-state index contributed by atoms with van der Waals surface area (Å²) in [4.78, 5) is 12.2. The van der Waals surface area contributed by atoms with Gasteiger partial charge in [-0.1, -0.05) is 18.2 Å². The lowest BCUT2D eigenvalue weighted by atomic mass is 10.2. The van der Waals surface area contributed by atoms with Gasteiger partial charge in [-0.3, -0.25) is 9.10 Å². The van der Waals surface area contributed by atoms with Crippen LogP contribution in [-0.4, -0.2) is 36.4 Å². The van der Waals surface area contributed by atoms with Gasteiger partial charge in [0.1, 0.15) is 0 Å². The molecule has 2 heterocycles. The zero-order valence-corrected chi connectivity index (χ0v) is 16.4. The van der Waals surface area contributed by atoms with Gasteiger partial charge in [0, 0.05) is 30.1 Å². The summed E-state index contributed by atoms with van der Waals surface area (Å²) in [5.41, 5.74) is 2.96. The Labute approximate surface area is 169 Å². The summed E-state index contributed by atoms with van der Waals surface area (Å²) in [5, 5.41) is 7.06. The fourth-order valence-electron chi connectivity index (χ4n) is 3.14. The molecule has 0 aliphatic carbocycles. The molecule has 7 nitrogen and oxygen atoms in total. The van der Waals surface area contributed by atoms with Crippen LogP contribution in [0.15, 0.2) is 73.1 Å². The van der Waals surface area contributed by atoms with E-state index < -0.39 is 10.0 Å². The van der Waals surface area contributed by atoms with Crippen molar-refractivity contribution in [1.29, 1.82) is 0 Å². The summed E-state index contributed by atoms with van der Waals surface area (Å²) >= 11 is 0. The number of rotatable bonds is 5. The van der Waals surface area contributed by atoms with Crippen LogP contribution in [0.4, 0.5) is 11.4 Å². The monoisotopic (exact) mass is 408 g/mol. The molecular weight excluding hydrogens is 388 g/mol. The third kappa shape index (κ3) is 4.38. The number of carbonyl (C=O) groups excluding carboxylic acids is 1. The third-order valence-corrected chi connectivity index (χ3v) is 6.44. The van der Waals surface area contributed by atoms with Crippen LogP contribution in [0, 0.1) is 0 Å². The molecule has 0 radical (unpaired) electrons. The summed E-state index contributed by atoms with van der Waals surface area (Å²) < 4.78 is 27.1. The Bertz CT molecular complexity index is 1140. The quantitative estimate of drug-likeness (QED) is 0.658. The second kappa shape index (κ2) is 7.92. The van der Waals surface area contributed by atoms with Gasteiger partial charge in [0.15, 0.2) is 0 Å². The summed E-state index contributed by atoms with van der Waals surface area (Å²) in [6.45, 7) is 0.493. The van der Waals surface area contributed by atoms with E-state index in [1.807, 2.05) is 36.5 Å². The number of nitrogens with one attached hydrogen (secondary N) is 1. The molecule has 0 saturated carbocycles. The maximum atomic E-state index is 12.2. The third-order valence-electron chi connectivity index (χ3n) is 4.57. The molecule has 1 aliphatic heterocycles. The molecule has 1 saturated heterocycles. The highest BCUT2D eigenvalue weighted by Crippen LogP contribution is 2.25. The smallest absolute Gasteiger partial charge is 0.248 e. The summed E-state index contributed by atoms with van der Waals surface area (Å²) in [7, 11) is -3.21. The van der Waals surface area contributed by atoms with Crippen LogP contribution in [-0.2, 0) is 14.8 Å². The highest BCUT2D eigenvalue weighted by Gasteiger charge is 2.28. The van der Waals surface area contributed by atoms with E-state index in [-0.39, 0.29) is 11.7 Å². The van der Waals surface area contributed by atoms with E-state index in [1.54, 1.807) is 41.2 Å². The normalized spacial score (nSPS) is 15.7. The molecule has 1 fully saturated rings. The Kier molecular flexibility index (Phi) is 5.18. The molecule has 1 N–H and O–H groups in total. The number of hydrogen-bond acceptors (Lipinski definition) is 4. The predicted octanol–water partition coefficient (Wildman–Crippen LogP) is 3.06. The number of hydrogen-bond donors (Lipinski definition) is 1. The van der Waals surface area contributed by atoms with Crippen molar-refractivity contribution < 1.29 is 13.2 Å². The van der Waals surface area contributed by atoms with Crippen LogP contribution in [0.5, 0.6) is 0 Å². The minimum absolute atomic E-state index is 0.178. The van der Waals surface area contributed by atoms with E-state index in [2.05, 4.69) is 10.4 Å². The van der Waals surface area contributed by atoms with Crippen LogP contribution in [0.2, 0.25) is 0 Å². The van der Waals surface area contributed by atoms with Crippen LogP contribution in [0.3, 0.4) is 0 Å². The van der Waals surface area contributed by atoms with Gasteiger partial charge in [0.2, 0.25) is 15.9 Å². The molecule has 0 unspecified atom stereocenters. The topological polar surface area (TPSA) is 84.3 Å². The van der Waals surface area contributed by atoms with Crippen molar-refractivity contribution in [2.45, 2.75) is 6.42 Å². The number of nitrogens with zero attached hydrogens (tertiary/aromatic N) is 3. The second-order valence-corrected chi connectivity index (χ2v) is 8.68. The number of carbonyl (C=O) groups is 1. The standard InChI is InChI=1S/C21H20N4O3S/c26-21(12-7-17-15-22-24(16-17)19-5-2-1-3-6-19)23-18-8-10-20(11-9-18)25-13-4-14-29(25,27)28/h1-3,5-12,15-16H,4,13-14H2,(H,23,26)/b12-7+. The number of amides is 1. The molecular formula is C21H20N4O3S. The molecule has 29 heavy (non-hydrogen) atoms. The van der Waals surface area contributed by atoms with E-state index >= 15 is 0 Å². The van der Waals surface area contributed by atoms with Crippen molar-refractivity contribution in [3.63, 3.8) is 0 Å². The van der Waals surface area contributed by atoms with Crippen LogP contribution in [0.1, 0.15) is 12.0 Å². The van der Waals surface area contributed by atoms with Crippen molar-refractivity contribution in [3.05, 3.63) is 78.6 Å². The highest BCUT2D eigenvalue weighted by molar-refractivity contribution is 7.93. The molecule has 3 aromatic rings. The number of aromatic nitrogens is 2. The Balaban J connectivity index is 1.38. The van der Waals surface area contributed by atoms with Gasteiger partial charge in [-0.25, -0.2) is 13.1 Å². The Morgan fingerprint density at radius 1 is 1.03 bits per heavy atom. The maximum Gasteiger partial charge on any atom is 0.248 e. The van der Waals surface area contributed by atoms with E-state index in [9.17, 15) is 13.2 Å². The molecule has 1 aliphatic rings. The molecule has 1 aromatic heterocycles. The minimum atomic E-state index is -3.21. The zero-order valence-electron chi connectivity index (χ0n) is 15.6. The summed E-state index contributed by atoms with van der Waals surface area (Å²) in [5.74, 6) is -0.101. The van der Waals surface area contributed by atoms with E-state index in [0.717, 1.165) is 11.3 Å². The maximum absolute atomic E-state index is 12.2. The van der Waals surface area contributed by atoms with E-state index in [0.29, 0.717) is 24.3 Å². The lowest BCUT2D eigenvalue weighted by molar-refractivity contribution is -0.111. The van der Waals surface area contributed by atoms with Gasteiger partial charge < -0.3 is 5.32 Å². The first kappa shape index (κ1) is 18.9. The zero-order chi connectivity index (χ0) is 20.3. The van der Waals surface area contributed by atoms with E-state index in [4.69, 9.17) is 0 Å². The SMILES string of the molecule is O=C(/C=C/c1cnn(-c2ccccc2)c1)Nc1ccc(N2CCCS2(=O)=O)cc1. The molecule has 4 rings (SSSR count). The molecule has 0 atom stereocenters. The fraction of sp³-hybridized carbons (Fsp3) is 0.143. The Morgan fingerprint density at radius 2 is 1.79 bits per heavy atom. The van der Waals surface area contributed by atoms with Crippen molar-refractivity contribution in [1.82, 2.24) is 9.78 Å². The van der Waals surface area contributed by atoms with Crippen LogP contribution < -0.4 is 9.62 Å². The predicted molar refractivity (Wildman–Crippen MR) is 113 cm³/mol. The second-order valence-electron chi connectivity index (χ2n) is 6.66. The molecule has 148 valence electrons. The molecule has 0 spiro atoms. The van der Waals surface area contributed by atoms with Gasteiger partial charge in [-0.05, 0) is 48.9 Å². The van der Waals surface area contributed by atoms with Gasteiger partial charge in [-0.15, -0.1) is 0 Å². The van der Waals surface area contributed by atoms with Gasteiger partial charge in [0.05, 0.1) is 23.3 Å². The average Bonchev–Trinajstić information content (AvgIpc) is 3.34. The van der Waals surface area contributed by atoms with E-state index in [1.165, 1.54) is 10.4 Å². The van der Waals surface area contributed by atoms with Crippen LogP contribution in [0.25, 0.3) is 11.8 Å². The van der Waals surface area contributed by atoms with Crippen molar-refractivity contribution in [2.24, 2.45) is 0 Å².